The van der Waals surface area contributed by atoms with Gasteiger partial charge in [0.15, 0.2) is 0 Å². The van der Waals surface area contributed by atoms with Crippen LogP contribution in [0.25, 0.3) is 0 Å². The number of rotatable bonds is 7. The van der Waals surface area contributed by atoms with Crippen molar-refractivity contribution in [3.63, 3.8) is 0 Å². The lowest BCUT2D eigenvalue weighted by Gasteiger charge is -2.59. The van der Waals surface area contributed by atoms with E-state index in [1.54, 1.807) is 0 Å². The largest absolute Gasteiger partial charge is 0.298 e. The summed E-state index contributed by atoms with van der Waals surface area (Å²) in [5.41, 5.74) is 0.290. The number of carbonyl (C=O) groups excluding carboxylic acids is 1. The molecule has 0 aromatic carbocycles. The van der Waals surface area contributed by atoms with Crippen molar-refractivity contribution in [2.24, 2.45) is 34.5 Å². The molecule has 0 unspecified atom stereocenters. The van der Waals surface area contributed by atoms with Gasteiger partial charge in [-0.05, 0) is 94.3 Å². The van der Waals surface area contributed by atoms with Crippen molar-refractivity contribution < 1.29 is 4.79 Å². The van der Waals surface area contributed by atoms with Crippen LogP contribution in [0.15, 0.2) is 0 Å². The molecule has 0 atom stereocenters. The van der Waals surface area contributed by atoms with Crippen molar-refractivity contribution in [1.82, 2.24) is 0 Å². The smallest absolute Gasteiger partial charge is 0.145 e. The van der Waals surface area contributed by atoms with Crippen LogP contribution in [0.5, 0.6) is 0 Å². The van der Waals surface area contributed by atoms with Crippen LogP contribution in [0.4, 0.5) is 0 Å². The number of Topliss-reactive ketones (excluding diaryl/α,β-unsaturated/α-hetero) is 1. The fourth-order valence-corrected chi connectivity index (χ4v) is 8.19. The first-order valence-electron chi connectivity index (χ1n) is 13.7. The SMILES string of the molecule is CCCCC1CCC([C@H]2CC[C@]3(CC2)C[C@@]2(CCC(CCCC)CC2)C3=O)CC1. The van der Waals surface area contributed by atoms with Gasteiger partial charge in [-0.2, -0.15) is 0 Å². The van der Waals surface area contributed by atoms with Crippen molar-refractivity contribution in [2.45, 2.75) is 136 Å². The fraction of sp³-hybridized carbons (Fsp3) is 0.964. The van der Waals surface area contributed by atoms with Crippen LogP contribution in [-0.4, -0.2) is 5.78 Å². The lowest BCUT2D eigenvalue weighted by Crippen LogP contribution is -2.59. The summed E-state index contributed by atoms with van der Waals surface area (Å²) in [7, 11) is 0. The lowest BCUT2D eigenvalue weighted by atomic mass is 9.42. The molecule has 4 fully saturated rings. The first kappa shape index (κ1) is 21.9. The van der Waals surface area contributed by atoms with Gasteiger partial charge in [0, 0.05) is 10.8 Å². The van der Waals surface area contributed by atoms with Crippen LogP contribution in [0.1, 0.15) is 136 Å². The van der Waals surface area contributed by atoms with Crippen molar-refractivity contribution in [3.8, 4) is 0 Å². The highest BCUT2D eigenvalue weighted by molar-refractivity contribution is 5.96. The zero-order valence-electron chi connectivity index (χ0n) is 19.7. The molecular formula is C28H48O. The fourth-order valence-electron chi connectivity index (χ4n) is 8.19. The van der Waals surface area contributed by atoms with Crippen molar-refractivity contribution in [3.05, 3.63) is 0 Å². The summed E-state index contributed by atoms with van der Waals surface area (Å²) in [4.78, 5) is 13.5. The standard InChI is InChI=1S/C28H48O/c1-3-5-7-22-9-11-24(12-10-22)25-15-19-28(20-16-25)21-27(26(28)29)17-13-23(14-18-27)8-6-4-2/h22-25H,3-21H2,1-2H3/t22?,23?,24?,25-,27-,28-. The van der Waals surface area contributed by atoms with Gasteiger partial charge in [-0.15, -0.1) is 0 Å². The second kappa shape index (κ2) is 9.44. The molecule has 0 aliphatic heterocycles. The zero-order valence-corrected chi connectivity index (χ0v) is 19.7. The highest BCUT2D eigenvalue weighted by Crippen LogP contribution is 2.64. The number of unbranched alkanes of at least 4 members (excludes halogenated alkanes) is 2. The molecule has 1 heteroatoms. The monoisotopic (exact) mass is 400 g/mol. The van der Waals surface area contributed by atoms with Crippen LogP contribution < -0.4 is 0 Å². The molecule has 0 aromatic rings. The maximum Gasteiger partial charge on any atom is 0.145 e. The summed E-state index contributed by atoms with van der Waals surface area (Å²) in [5, 5.41) is 0. The zero-order chi connectivity index (χ0) is 20.3. The minimum atomic E-state index is 0.144. The van der Waals surface area contributed by atoms with E-state index < -0.39 is 0 Å². The molecule has 0 bridgehead atoms. The third-order valence-electron chi connectivity index (χ3n) is 10.2. The lowest BCUT2D eigenvalue weighted by molar-refractivity contribution is -0.169. The van der Waals surface area contributed by atoms with E-state index in [0.717, 1.165) is 29.5 Å². The predicted molar refractivity (Wildman–Crippen MR) is 123 cm³/mol. The second-order valence-electron chi connectivity index (χ2n) is 11.9. The Morgan fingerprint density at radius 3 is 1.59 bits per heavy atom. The molecule has 0 aromatic heterocycles. The van der Waals surface area contributed by atoms with Crippen LogP contribution in [0, 0.1) is 34.5 Å². The molecule has 1 nitrogen and oxygen atoms in total. The molecule has 0 saturated heterocycles. The van der Waals surface area contributed by atoms with E-state index in [0.29, 0.717) is 0 Å². The topological polar surface area (TPSA) is 17.1 Å². The molecule has 4 aliphatic rings. The van der Waals surface area contributed by atoms with Crippen LogP contribution in [-0.2, 0) is 4.79 Å². The van der Waals surface area contributed by atoms with Gasteiger partial charge in [0.1, 0.15) is 5.78 Å². The van der Waals surface area contributed by atoms with Crippen molar-refractivity contribution in [1.29, 1.82) is 0 Å². The second-order valence-corrected chi connectivity index (χ2v) is 11.9. The highest BCUT2D eigenvalue weighted by Gasteiger charge is 2.63. The van der Waals surface area contributed by atoms with E-state index in [4.69, 9.17) is 0 Å². The van der Waals surface area contributed by atoms with Gasteiger partial charge >= 0.3 is 0 Å². The average Bonchev–Trinajstić information content (AvgIpc) is 2.78. The number of hydrogen-bond acceptors (Lipinski definition) is 1. The van der Waals surface area contributed by atoms with Gasteiger partial charge in [0.05, 0.1) is 0 Å². The minimum absolute atomic E-state index is 0.144. The molecule has 2 spiro atoms. The Bertz CT molecular complexity index is 525. The van der Waals surface area contributed by atoms with Crippen molar-refractivity contribution in [2.75, 3.05) is 0 Å². The van der Waals surface area contributed by atoms with Gasteiger partial charge in [-0.25, -0.2) is 0 Å². The molecule has 0 radical (unpaired) electrons. The molecule has 166 valence electrons. The number of carbonyl (C=O) groups is 1. The molecule has 4 rings (SSSR count). The maximum atomic E-state index is 13.5. The first-order chi connectivity index (χ1) is 14.1. The molecule has 29 heavy (non-hydrogen) atoms. The Balaban J connectivity index is 1.21. The normalized spacial score (nSPS) is 42.9. The van der Waals surface area contributed by atoms with E-state index >= 15 is 0 Å². The third-order valence-corrected chi connectivity index (χ3v) is 10.2. The molecule has 0 amide bonds. The number of hydrogen-bond donors (Lipinski definition) is 0. The van der Waals surface area contributed by atoms with Gasteiger partial charge in [0.2, 0.25) is 0 Å². The first-order valence-corrected chi connectivity index (χ1v) is 13.7. The average molecular weight is 401 g/mol. The predicted octanol–water partition coefficient (Wildman–Crippen LogP) is 8.50. The van der Waals surface area contributed by atoms with Gasteiger partial charge in [-0.1, -0.05) is 65.2 Å². The summed E-state index contributed by atoms with van der Waals surface area (Å²) in [5.74, 6) is 4.63. The van der Waals surface area contributed by atoms with E-state index in [1.807, 2.05) is 0 Å². The minimum Gasteiger partial charge on any atom is -0.298 e. The summed E-state index contributed by atoms with van der Waals surface area (Å²) < 4.78 is 0. The molecule has 4 aliphatic carbocycles. The van der Waals surface area contributed by atoms with E-state index in [-0.39, 0.29) is 10.8 Å². The maximum absolute atomic E-state index is 13.5. The molecular weight excluding hydrogens is 352 g/mol. The Labute approximate surface area is 181 Å². The Morgan fingerprint density at radius 1 is 0.655 bits per heavy atom. The van der Waals surface area contributed by atoms with E-state index in [1.165, 1.54) is 122 Å². The van der Waals surface area contributed by atoms with Crippen molar-refractivity contribution >= 4 is 5.78 Å². The van der Waals surface area contributed by atoms with E-state index in [2.05, 4.69) is 13.8 Å². The Morgan fingerprint density at radius 2 is 1.10 bits per heavy atom. The van der Waals surface area contributed by atoms with E-state index in [9.17, 15) is 4.79 Å². The molecule has 0 N–H and O–H groups in total. The summed E-state index contributed by atoms with van der Waals surface area (Å²) in [6, 6.07) is 0. The number of ketones is 1. The Kier molecular flexibility index (Phi) is 7.12. The van der Waals surface area contributed by atoms with Gasteiger partial charge in [0.25, 0.3) is 0 Å². The molecule has 4 saturated carbocycles. The van der Waals surface area contributed by atoms with Gasteiger partial charge in [-0.3, -0.25) is 4.79 Å². The van der Waals surface area contributed by atoms with Crippen LogP contribution >= 0.6 is 0 Å². The third kappa shape index (κ3) is 4.50. The summed E-state index contributed by atoms with van der Waals surface area (Å²) >= 11 is 0. The van der Waals surface area contributed by atoms with Crippen LogP contribution in [0.3, 0.4) is 0 Å². The quantitative estimate of drug-likeness (QED) is 0.418. The summed E-state index contributed by atoms with van der Waals surface area (Å²) in [6.45, 7) is 4.63. The molecule has 0 heterocycles. The Hall–Kier alpha value is -0.330. The van der Waals surface area contributed by atoms with Gasteiger partial charge < -0.3 is 0 Å². The summed E-state index contributed by atoms with van der Waals surface area (Å²) in [6.07, 6.45) is 26.0. The van der Waals surface area contributed by atoms with Crippen LogP contribution in [0.2, 0.25) is 0 Å². The highest BCUT2D eigenvalue weighted by atomic mass is 16.1.